The molecule has 1 aliphatic heterocycles. The number of amides is 2. The van der Waals surface area contributed by atoms with Gasteiger partial charge in [-0.2, -0.15) is 11.8 Å². The largest absolute Gasteiger partial charge is 0.356 e. The van der Waals surface area contributed by atoms with E-state index in [4.69, 9.17) is 0 Å². The molecular weight excluding hydrogens is 527 g/mol. The van der Waals surface area contributed by atoms with Gasteiger partial charge in [-0.25, -0.2) is 4.39 Å². The summed E-state index contributed by atoms with van der Waals surface area (Å²) in [6.07, 6.45) is 12.2. The van der Waals surface area contributed by atoms with E-state index in [1.807, 2.05) is 41.3 Å². The van der Waals surface area contributed by atoms with Crippen LogP contribution in [0.15, 0.2) is 59.5 Å². The Morgan fingerprint density at radius 1 is 1.03 bits per heavy atom. The van der Waals surface area contributed by atoms with E-state index in [-0.39, 0.29) is 34.8 Å². The van der Waals surface area contributed by atoms with Crippen molar-refractivity contribution < 1.29 is 14.0 Å². The smallest absolute Gasteiger partial charge is 0.260 e. The Kier molecular flexibility index (Phi) is 10.1. The first-order valence-corrected chi connectivity index (χ1v) is 16.4. The molecule has 5 rings (SSSR count). The third-order valence-electron chi connectivity index (χ3n) is 8.17. The lowest BCUT2D eigenvalue weighted by molar-refractivity contribution is -0.133. The van der Waals surface area contributed by atoms with Crippen molar-refractivity contribution in [1.29, 1.82) is 0 Å². The zero-order valence-electron chi connectivity index (χ0n) is 22.5. The third-order valence-corrected chi connectivity index (χ3v) is 11.0. The average molecular weight is 567 g/mol. The van der Waals surface area contributed by atoms with Crippen LogP contribution in [-0.2, 0) is 16.1 Å². The summed E-state index contributed by atoms with van der Waals surface area (Å²) in [6, 6.07) is 16.3. The number of hydrogen-bond acceptors (Lipinski definition) is 4. The van der Waals surface area contributed by atoms with E-state index in [1.165, 1.54) is 44.2 Å². The van der Waals surface area contributed by atoms with Gasteiger partial charge in [0.25, 0.3) is 5.91 Å². The van der Waals surface area contributed by atoms with E-state index < -0.39 is 0 Å². The Balaban J connectivity index is 1.22. The highest BCUT2D eigenvalue weighted by atomic mass is 32.2. The minimum Gasteiger partial charge on any atom is -0.356 e. The molecule has 2 amide bonds. The highest BCUT2D eigenvalue weighted by Gasteiger charge is 2.44. The summed E-state index contributed by atoms with van der Waals surface area (Å²) in [5.41, 5.74) is 1.90. The van der Waals surface area contributed by atoms with Crippen LogP contribution in [0.25, 0.3) is 6.08 Å². The summed E-state index contributed by atoms with van der Waals surface area (Å²) in [5, 5.41) is 4.24. The van der Waals surface area contributed by atoms with E-state index in [0.717, 1.165) is 52.8 Å². The molecular formula is C32H39FN2O2S2. The molecule has 1 N–H and O–H groups in total. The van der Waals surface area contributed by atoms with Crippen LogP contribution in [0.5, 0.6) is 0 Å². The fourth-order valence-electron chi connectivity index (χ4n) is 6.01. The van der Waals surface area contributed by atoms with Crippen molar-refractivity contribution in [2.75, 3.05) is 12.3 Å². The molecule has 3 fully saturated rings. The standard InChI is InChI=1S/C32H39FN2O2S2/c33-26-15-12-24(13-16-26)22-35-28-21-25(31(36)34-18-7-19-38-27-10-5-2-6-11-27)14-17-29(28)39-30(32(35)37)20-23-8-3-1-4-9-23/h1,3-4,8-9,12-13,15-16,20,25,27-29H,2,5-7,10-11,14,17-19,21-22H2,(H,34,36)/b30-20-. The van der Waals surface area contributed by atoms with E-state index in [2.05, 4.69) is 17.1 Å². The number of nitrogens with one attached hydrogen (secondary N) is 1. The van der Waals surface area contributed by atoms with Gasteiger partial charge in [0.05, 0.1) is 4.91 Å². The van der Waals surface area contributed by atoms with Crippen LogP contribution in [0.4, 0.5) is 4.39 Å². The average Bonchev–Trinajstić information content (AvgIpc) is 2.97. The summed E-state index contributed by atoms with van der Waals surface area (Å²) < 4.78 is 13.6. The van der Waals surface area contributed by atoms with Gasteiger partial charge < -0.3 is 10.2 Å². The topological polar surface area (TPSA) is 49.4 Å². The van der Waals surface area contributed by atoms with Gasteiger partial charge >= 0.3 is 0 Å². The fraction of sp³-hybridized carbons (Fsp3) is 0.500. The van der Waals surface area contributed by atoms with Crippen LogP contribution in [0, 0.1) is 11.7 Å². The predicted octanol–water partition coefficient (Wildman–Crippen LogP) is 7.05. The van der Waals surface area contributed by atoms with Crippen molar-refractivity contribution in [2.45, 2.75) is 80.9 Å². The lowest BCUT2D eigenvalue weighted by atomic mass is 9.83. The Morgan fingerprint density at radius 3 is 2.56 bits per heavy atom. The molecule has 7 heteroatoms. The van der Waals surface area contributed by atoms with Gasteiger partial charge in [-0.3, -0.25) is 9.59 Å². The van der Waals surface area contributed by atoms with Gasteiger partial charge in [0.15, 0.2) is 0 Å². The van der Waals surface area contributed by atoms with Crippen molar-refractivity contribution in [1.82, 2.24) is 10.2 Å². The Labute approximate surface area is 240 Å². The maximum atomic E-state index is 13.8. The number of nitrogens with zero attached hydrogens (tertiary/aromatic N) is 1. The molecule has 4 nitrogen and oxygen atoms in total. The number of hydrogen-bond donors (Lipinski definition) is 1. The molecule has 2 aromatic rings. The van der Waals surface area contributed by atoms with Crippen LogP contribution in [0.2, 0.25) is 0 Å². The molecule has 0 bridgehead atoms. The zero-order valence-corrected chi connectivity index (χ0v) is 24.2. The van der Waals surface area contributed by atoms with Gasteiger partial charge in [-0.1, -0.05) is 61.7 Å². The van der Waals surface area contributed by atoms with Crippen LogP contribution >= 0.6 is 23.5 Å². The summed E-state index contributed by atoms with van der Waals surface area (Å²) in [4.78, 5) is 29.6. The van der Waals surface area contributed by atoms with Crippen LogP contribution < -0.4 is 5.32 Å². The van der Waals surface area contributed by atoms with Crippen molar-refractivity contribution >= 4 is 41.4 Å². The Morgan fingerprint density at radius 2 is 1.79 bits per heavy atom. The molecule has 3 aliphatic rings. The van der Waals surface area contributed by atoms with Crippen molar-refractivity contribution in [3.05, 3.63) is 76.4 Å². The van der Waals surface area contributed by atoms with Crippen LogP contribution in [0.1, 0.15) is 68.9 Å². The molecule has 3 atom stereocenters. The molecule has 3 unspecified atom stereocenters. The second-order valence-corrected chi connectivity index (χ2v) is 13.7. The lowest BCUT2D eigenvalue weighted by Crippen LogP contribution is -2.53. The zero-order chi connectivity index (χ0) is 27.0. The highest BCUT2D eigenvalue weighted by Crippen LogP contribution is 2.44. The third kappa shape index (κ3) is 7.69. The van der Waals surface area contributed by atoms with Gasteiger partial charge in [0, 0.05) is 35.5 Å². The van der Waals surface area contributed by atoms with Crippen molar-refractivity contribution in [3.63, 3.8) is 0 Å². The molecule has 2 aromatic carbocycles. The number of carbonyl (C=O) groups is 2. The fourth-order valence-corrected chi connectivity index (χ4v) is 8.74. The molecule has 208 valence electrons. The quantitative estimate of drug-likeness (QED) is 0.261. The van der Waals surface area contributed by atoms with Crippen molar-refractivity contribution in [2.24, 2.45) is 5.92 Å². The molecule has 0 spiro atoms. The molecule has 0 radical (unpaired) electrons. The molecule has 39 heavy (non-hydrogen) atoms. The molecule has 1 saturated heterocycles. The molecule has 1 heterocycles. The summed E-state index contributed by atoms with van der Waals surface area (Å²) in [5.74, 6) is 0.860. The van der Waals surface area contributed by atoms with E-state index in [0.29, 0.717) is 13.0 Å². The second kappa shape index (κ2) is 13.9. The number of rotatable bonds is 9. The number of benzene rings is 2. The van der Waals surface area contributed by atoms with Gasteiger partial charge in [-0.05, 0) is 73.6 Å². The summed E-state index contributed by atoms with van der Waals surface area (Å²) in [6.45, 7) is 1.14. The minimum atomic E-state index is -0.284. The maximum absolute atomic E-state index is 13.8. The molecule has 2 saturated carbocycles. The second-order valence-electron chi connectivity index (χ2n) is 11.0. The van der Waals surface area contributed by atoms with Crippen molar-refractivity contribution in [3.8, 4) is 0 Å². The SMILES string of the molecule is O=C(NCCCSC1CCCCC1)C1CCC2S/C(=C\c3ccccc3)C(=O)N(Cc3ccc(F)cc3)C2C1. The normalized spacial score (nSPS) is 24.9. The monoisotopic (exact) mass is 566 g/mol. The molecule has 0 aromatic heterocycles. The minimum absolute atomic E-state index is 0.00442. The Hall–Kier alpha value is -2.25. The number of carbonyl (C=O) groups excluding carboxylic acids is 2. The van der Waals surface area contributed by atoms with E-state index in [9.17, 15) is 14.0 Å². The predicted molar refractivity (Wildman–Crippen MR) is 161 cm³/mol. The van der Waals surface area contributed by atoms with E-state index in [1.54, 1.807) is 23.9 Å². The van der Waals surface area contributed by atoms with Gasteiger partial charge in [-0.15, -0.1) is 11.8 Å². The Bertz CT molecular complexity index is 1130. The first-order chi connectivity index (χ1) is 19.1. The van der Waals surface area contributed by atoms with Gasteiger partial charge in [0.1, 0.15) is 5.82 Å². The first kappa shape index (κ1) is 28.3. The first-order valence-electron chi connectivity index (χ1n) is 14.4. The molecule has 2 aliphatic carbocycles. The lowest BCUT2D eigenvalue weighted by Gasteiger charge is -2.46. The van der Waals surface area contributed by atoms with Crippen LogP contribution in [0.3, 0.4) is 0 Å². The highest BCUT2D eigenvalue weighted by molar-refractivity contribution is 8.04. The maximum Gasteiger partial charge on any atom is 0.260 e. The van der Waals surface area contributed by atoms with Crippen LogP contribution in [-0.4, -0.2) is 45.6 Å². The number of halogens is 1. The summed E-state index contributed by atoms with van der Waals surface area (Å²) in [7, 11) is 0. The number of fused-ring (bicyclic) bond motifs is 1. The van der Waals surface area contributed by atoms with E-state index >= 15 is 0 Å². The summed E-state index contributed by atoms with van der Waals surface area (Å²) >= 11 is 3.74. The van der Waals surface area contributed by atoms with Gasteiger partial charge in [0.2, 0.25) is 5.91 Å². The number of thioether (sulfide) groups is 2.